The SMILES string of the molecule is CC(=O)C(C)(COS(C)(=O)=O)C(=O)OC(C)c1ccc(C)cc1. The van der Waals surface area contributed by atoms with E-state index < -0.39 is 40.0 Å². The number of rotatable bonds is 7. The number of ether oxygens (including phenoxy) is 1. The summed E-state index contributed by atoms with van der Waals surface area (Å²) in [4.78, 5) is 24.2. The van der Waals surface area contributed by atoms with Crippen LogP contribution in [0.15, 0.2) is 24.3 Å². The Morgan fingerprint density at radius 3 is 2.17 bits per heavy atom. The smallest absolute Gasteiger partial charge is 0.322 e. The van der Waals surface area contributed by atoms with E-state index in [0.717, 1.165) is 17.4 Å². The van der Waals surface area contributed by atoms with Crippen molar-refractivity contribution in [3.05, 3.63) is 35.4 Å². The van der Waals surface area contributed by atoms with Crippen molar-refractivity contribution in [2.45, 2.75) is 33.8 Å². The van der Waals surface area contributed by atoms with E-state index in [1.165, 1.54) is 13.8 Å². The minimum atomic E-state index is -3.77. The highest BCUT2D eigenvalue weighted by atomic mass is 32.2. The highest BCUT2D eigenvalue weighted by molar-refractivity contribution is 7.85. The van der Waals surface area contributed by atoms with Gasteiger partial charge in [-0.1, -0.05) is 29.8 Å². The van der Waals surface area contributed by atoms with Gasteiger partial charge >= 0.3 is 5.97 Å². The lowest BCUT2D eigenvalue weighted by Gasteiger charge is -2.26. The quantitative estimate of drug-likeness (QED) is 0.429. The number of carbonyl (C=O) groups is 2. The van der Waals surface area contributed by atoms with Gasteiger partial charge in [0, 0.05) is 0 Å². The first-order chi connectivity index (χ1) is 10.5. The number of Topliss-reactive ketones (excluding diaryl/α,β-unsaturated/α-hetero) is 1. The summed E-state index contributed by atoms with van der Waals surface area (Å²) >= 11 is 0. The minimum absolute atomic E-state index is 0.526. The van der Waals surface area contributed by atoms with Crippen molar-refractivity contribution in [2.75, 3.05) is 12.9 Å². The van der Waals surface area contributed by atoms with Crippen LogP contribution in [0.4, 0.5) is 0 Å². The Balaban J connectivity index is 2.89. The summed E-state index contributed by atoms with van der Waals surface area (Å²) in [5.74, 6) is -1.34. The molecule has 0 radical (unpaired) electrons. The molecule has 0 saturated carbocycles. The first kappa shape index (κ1) is 19.3. The average molecular weight is 342 g/mol. The van der Waals surface area contributed by atoms with Crippen LogP contribution >= 0.6 is 0 Å². The molecule has 2 atom stereocenters. The lowest BCUT2D eigenvalue weighted by Crippen LogP contribution is -2.41. The molecule has 0 heterocycles. The van der Waals surface area contributed by atoms with Gasteiger partial charge in [0.15, 0.2) is 0 Å². The molecule has 2 unspecified atom stereocenters. The van der Waals surface area contributed by atoms with Crippen molar-refractivity contribution in [3.8, 4) is 0 Å². The summed E-state index contributed by atoms with van der Waals surface area (Å²) in [6.07, 6.45) is 0.286. The van der Waals surface area contributed by atoms with Crippen LogP contribution in [0.25, 0.3) is 0 Å². The molecular weight excluding hydrogens is 320 g/mol. The van der Waals surface area contributed by atoms with Crippen molar-refractivity contribution < 1.29 is 26.9 Å². The van der Waals surface area contributed by atoms with Crippen molar-refractivity contribution in [3.63, 3.8) is 0 Å². The first-order valence-corrected chi connectivity index (χ1v) is 8.90. The lowest BCUT2D eigenvalue weighted by atomic mass is 9.87. The Labute approximate surface area is 136 Å². The zero-order chi connectivity index (χ0) is 17.8. The molecule has 128 valence electrons. The monoisotopic (exact) mass is 342 g/mol. The number of esters is 1. The molecule has 0 saturated heterocycles. The van der Waals surface area contributed by atoms with Gasteiger partial charge in [-0.15, -0.1) is 0 Å². The first-order valence-electron chi connectivity index (χ1n) is 7.09. The third-order valence-corrected chi connectivity index (χ3v) is 4.17. The molecule has 1 aromatic carbocycles. The zero-order valence-corrected chi connectivity index (χ0v) is 14.8. The third kappa shape index (κ3) is 5.44. The number of benzene rings is 1. The summed E-state index contributed by atoms with van der Waals surface area (Å²) < 4.78 is 32.2. The maximum atomic E-state index is 12.4. The van der Waals surface area contributed by atoms with Gasteiger partial charge in [0.05, 0.1) is 12.9 Å². The maximum Gasteiger partial charge on any atom is 0.322 e. The van der Waals surface area contributed by atoms with Gasteiger partial charge in [0.2, 0.25) is 0 Å². The second-order valence-electron chi connectivity index (χ2n) is 5.81. The summed E-state index contributed by atoms with van der Waals surface area (Å²) in [7, 11) is -3.77. The Hall–Kier alpha value is -1.73. The van der Waals surface area contributed by atoms with Crippen LogP contribution in [0.3, 0.4) is 0 Å². The lowest BCUT2D eigenvalue weighted by molar-refractivity contribution is -0.165. The molecule has 0 spiro atoms. The van der Waals surface area contributed by atoms with E-state index in [4.69, 9.17) is 4.74 Å². The van der Waals surface area contributed by atoms with Gasteiger partial charge < -0.3 is 4.74 Å². The average Bonchev–Trinajstić information content (AvgIpc) is 2.44. The van der Waals surface area contributed by atoms with E-state index in [1.54, 1.807) is 6.92 Å². The van der Waals surface area contributed by atoms with Crippen LogP contribution in [0.1, 0.15) is 38.0 Å². The van der Waals surface area contributed by atoms with Gasteiger partial charge in [0.25, 0.3) is 10.1 Å². The molecule has 0 aromatic heterocycles. The Morgan fingerprint density at radius 1 is 1.22 bits per heavy atom. The molecule has 7 heteroatoms. The van der Waals surface area contributed by atoms with Crippen LogP contribution in [0, 0.1) is 12.3 Å². The van der Waals surface area contributed by atoms with Crippen LogP contribution in [0.5, 0.6) is 0 Å². The number of carbonyl (C=O) groups excluding carboxylic acids is 2. The summed E-state index contributed by atoms with van der Waals surface area (Å²) in [5, 5.41) is 0. The highest BCUT2D eigenvalue weighted by Gasteiger charge is 2.42. The summed E-state index contributed by atoms with van der Waals surface area (Å²) in [6.45, 7) is 5.55. The van der Waals surface area contributed by atoms with Gasteiger partial charge in [-0.25, -0.2) is 0 Å². The van der Waals surface area contributed by atoms with E-state index in [-0.39, 0.29) is 0 Å². The predicted octanol–water partition coefficient (Wildman–Crippen LogP) is 2.17. The Bertz CT molecular complexity index is 677. The molecule has 1 aromatic rings. The maximum absolute atomic E-state index is 12.4. The molecule has 0 fully saturated rings. The topological polar surface area (TPSA) is 86.7 Å². The van der Waals surface area contributed by atoms with Crippen molar-refractivity contribution >= 4 is 21.9 Å². The van der Waals surface area contributed by atoms with Crippen LogP contribution in [-0.4, -0.2) is 33.0 Å². The van der Waals surface area contributed by atoms with Gasteiger partial charge in [-0.3, -0.25) is 13.8 Å². The minimum Gasteiger partial charge on any atom is -0.457 e. The van der Waals surface area contributed by atoms with Crippen LogP contribution in [-0.2, 0) is 28.6 Å². The van der Waals surface area contributed by atoms with E-state index in [1.807, 2.05) is 31.2 Å². The van der Waals surface area contributed by atoms with Crippen LogP contribution in [0.2, 0.25) is 0 Å². The van der Waals surface area contributed by atoms with Crippen molar-refractivity contribution in [2.24, 2.45) is 5.41 Å². The predicted molar refractivity (Wildman–Crippen MR) is 85.3 cm³/mol. The molecule has 0 aliphatic rings. The second kappa shape index (κ2) is 7.23. The van der Waals surface area contributed by atoms with E-state index >= 15 is 0 Å². The third-order valence-electron chi connectivity index (χ3n) is 3.62. The van der Waals surface area contributed by atoms with Gasteiger partial charge in [-0.05, 0) is 33.3 Å². The molecule has 6 nitrogen and oxygen atoms in total. The van der Waals surface area contributed by atoms with Crippen LogP contribution < -0.4 is 0 Å². The number of hydrogen-bond acceptors (Lipinski definition) is 6. The molecule has 23 heavy (non-hydrogen) atoms. The summed E-state index contributed by atoms with van der Waals surface area (Å²) in [5.41, 5.74) is 0.170. The molecular formula is C16H22O6S. The van der Waals surface area contributed by atoms with Gasteiger partial charge in [0.1, 0.15) is 17.3 Å². The van der Waals surface area contributed by atoms with E-state index in [0.29, 0.717) is 0 Å². The Kier molecular flexibility index (Phi) is 6.07. The fourth-order valence-corrected chi connectivity index (χ4v) is 2.18. The molecule has 0 N–H and O–H groups in total. The molecule has 0 aliphatic carbocycles. The van der Waals surface area contributed by atoms with Crippen molar-refractivity contribution in [1.29, 1.82) is 0 Å². The number of aryl methyl sites for hydroxylation is 1. The van der Waals surface area contributed by atoms with Gasteiger partial charge in [-0.2, -0.15) is 8.42 Å². The molecule has 0 aliphatic heterocycles. The number of hydrogen-bond donors (Lipinski definition) is 0. The second-order valence-corrected chi connectivity index (χ2v) is 7.46. The zero-order valence-electron chi connectivity index (χ0n) is 14.0. The normalized spacial score (nSPS) is 15.5. The highest BCUT2D eigenvalue weighted by Crippen LogP contribution is 2.26. The van der Waals surface area contributed by atoms with E-state index in [2.05, 4.69) is 4.18 Å². The Morgan fingerprint density at radius 2 is 1.74 bits per heavy atom. The molecule has 0 bridgehead atoms. The largest absolute Gasteiger partial charge is 0.457 e. The summed E-state index contributed by atoms with van der Waals surface area (Å²) in [6, 6.07) is 7.42. The molecule has 1 rings (SSSR count). The standard InChI is InChI=1S/C16H22O6S/c1-11-6-8-14(9-7-11)12(2)22-15(18)16(4,13(3)17)10-21-23(5,19)20/h6-9,12H,10H2,1-5H3. The van der Waals surface area contributed by atoms with E-state index in [9.17, 15) is 18.0 Å². The fourth-order valence-electron chi connectivity index (χ4n) is 1.73. The fraction of sp³-hybridized carbons (Fsp3) is 0.500. The number of ketones is 1. The molecule has 0 amide bonds. The van der Waals surface area contributed by atoms with Crippen molar-refractivity contribution in [1.82, 2.24) is 0 Å².